The number of hydrogen-bond donors (Lipinski definition) is 0. The van der Waals surface area contributed by atoms with Crippen LogP contribution in [0.25, 0.3) is 11.5 Å². The van der Waals surface area contributed by atoms with Crippen molar-refractivity contribution in [2.45, 2.75) is 11.0 Å². The number of hydrogen-bond acceptors (Lipinski definition) is 7. The molecule has 3 heterocycles. The Balaban J connectivity index is 1.56. The second-order valence-corrected chi connectivity index (χ2v) is 8.23. The van der Waals surface area contributed by atoms with Crippen LogP contribution in [0.4, 0.5) is 0 Å². The molecule has 1 unspecified atom stereocenters. The molecule has 1 aliphatic rings. The highest BCUT2D eigenvalue weighted by atomic mass is 35.5. The molecule has 4 rings (SSSR count). The number of halogens is 1. The molecule has 0 N–H and O–H groups in total. The van der Waals surface area contributed by atoms with Gasteiger partial charge in [0.05, 0.1) is 11.5 Å². The number of ether oxygens (including phenoxy) is 1. The van der Waals surface area contributed by atoms with E-state index in [9.17, 15) is 8.42 Å². The third-order valence-corrected chi connectivity index (χ3v) is 6.17. The molecule has 140 valence electrons. The monoisotopic (exact) mass is 406 g/mol. The molecule has 2 aromatic heterocycles. The number of rotatable bonds is 4. The Bertz CT molecular complexity index is 1040. The first kappa shape index (κ1) is 18.1. The van der Waals surface area contributed by atoms with Crippen molar-refractivity contribution < 1.29 is 17.7 Å². The molecule has 0 bridgehead atoms. The molecule has 1 fully saturated rings. The minimum absolute atomic E-state index is 0.0682. The molecule has 1 aliphatic heterocycles. The van der Waals surface area contributed by atoms with Crippen molar-refractivity contribution >= 4 is 21.6 Å². The van der Waals surface area contributed by atoms with Crippen molar-refractivity contribution in [3.8, 4) is 11.5 Å². The summed E-state index contributed by atoms with van der Waals surface area (Å²) in [5.41, 5.74) is 0.562. The predicted octanol–water partition coefficient (Wildman–Crippen LogP) is 2.55. The lowest BCUT2D eigenvalue weighted by molar-refractivity contribution is -0.0199. The fourth-order valence-electron chi connectivity index (χ4n) is 2.73. The van der Waals surface area contributed by atoms with Crippen LogP contribution in [0.5, 0.6) is 0 Å². The Hall–Kier alpha value is -2.33. The lowest BCUT2D eigenvalue weighted by Crippen LogP contribution is -2.42. The van der Waals surface area contributed by atoms with E-state index < -0.39 is 16.1 Å². The van der Waals surface area contributed by atoms with Crippen LogP contribution >= 0.6 is 11.6 Å². The third-order valence-electron chi connectivity index (χ3n) is 4.07. The van der Waals surface area contributed by atoms with Crippen LogP contribution < -0.4 is 0 Å². The summed E-state index contributed by atoms with van der Waals surface area (Å²) in [6, 6.07) is 11.5. The molecule has 0 radical (unpaired) electrons. The van der Waals surface area contributed by atoms with E-state index >= 15 is 0 Å². The highest BCUT2D eigenvalue weighted by Gasteiger charge is 2.34. The maximum Gasteiger partial charge on any atom is 0.257 e. The van der Waals surface area contributed by atoms with Gasteiger partial charge in [0.25, 0.3) is 5.89 Å². The molecule has 1 atom stereocenters. The fourth-order valence-corrected chi connectivity index (χ4v) is 4.46. The van der Waals surface area contributed by atoms with Crippen LogP contribution in [0.3, 0.4) is 0 Å². The van der Waals surface area contributed by atoms with Gasteiger partial charge in [-0.3, -0.25) is 4.98 Å². The van der Waals surface area contributed by atoms with Crippen LogP contribution in [-0.4, -0.2) is 47.5 Å². The van der Waals surface area contributed by atoms with Crippen molar-refractivity contribution in [3.63, 3.8) is 0 Å². The first-order valence-electron chi connectivity index (χ1n) is 8.16. The average molecular weight is 407 g/mol. The molecule has 0 amide bonds. The third kappa shape index (κ3) is 3.72. The maximum atomic E-state index is 12.9. The molecule has 1 saturated heterocycles. The molecule has 27 heavy (non-hydrogen) atoms. The van der Waals surface area contributed by atoms with Gasteiger partial charge in [-0.25, -0.2) is 8.42 Å². The SMILES string of the molecule is O=S(=O)(c1cccc(Cl)c1)N1CCOC(c2nc(-c3ccccn3)no2)C1. The topological polar surface area (TPSA) is 98.4 Å². The zero-order valence-corrected chi connectivity index (χ0v) is 15.6. The van der Waals surface area contributed by atoms with E-state index in [-0.39, 0.29) is 30.5 Å². The number of nitrogens with zero attached hydrogens (tertiary/aromatic N) is 4. The van der Waals surface area contributed by atoms with Gasteiger partial charge in [-0.15, -0.1) is 0 Å². The summed E-state index contributed by atoms with van der Waals surface area (Å²) >= 11 is 5.93. The van der Waals surface area contributed by atoms with Gasteiger partial charge in [0.15, 0.2) is 6.10 Å². The highest BCUT2D eigenvalue weighted by Crippen LogP contribution is 2.27. The van der Waals surface area contributed by atoms with E-state index in [1.54, 1.807) is 30.5 Å². The summed E-state index contributed by atoms with van der Waals surface area (Å²) in [6.07, 6.45) is 0.972. The molecule has 1 aromatic carbocycles. The van der Waals surface area contributed by atoms with Gasteiger partial charge in [-0.2, -0.15) is 9.29 Å². The highest BCUT2D eigenvalue weighted by molar-refractivity contribution is 7.89. The number of pyridine rings is 1. The van der Waals surface area contributed by atoms with Gasteiger partial charge in [-0.05, 0) is 30.3 Å². The summed E-state index contributed by atoms with van der Waals surface area (Å²) < 4.78 is 38.0. The van der Waals surface area contributed by atoms with E-state index in [1.165, 1.54) is 16.4 Å². The zero-order chi connectivity index (χ0) is 18.9. The maximum absolute atomic E-state index is 12.9. The van der Waals surface area contributed by atoms with Crippen LogP contribution in [0.2, 0.25) is 5.02 Å². The van der Waals surface area contributed by atoms with Crippen molar-refractivity contribution in [3.05, 3.63) is 59.6 Å². The molecular formula is C17H15ClN4O4S. The molecule has 8 nitrogen and oxygen atoms in total. The smallest absolute Gasteiger partial charge is 0.257 e. The standard InChI is InChI=1S/C17H15ClN4O4S/c18-12-4-3-5-13(10-12)27(23,24)22-8-9-25-15(11-22)17-20-16(21-26-17)14-6-1-2-7-19-14/h1-7,10,15H,8-9,11H2. The van der Waals surface area contributed by atoms with Crippen molar-refractivity contribution in [1.82, 2.24) is 19.4 Å². The van der Waals surface area contributed by atoms with Gasteiger partial charge in [0.2, 0.25) is 15.8 Å². The first-order valence-corrected chi connectivity index (χ1v) is 9.98. The van der Waals surface area contributed by atoms with E-state index in [0.29, 0.717) is 16.5 Å². The van der Waals surface area contributed by atoms with E-state index in [2.05, 4.69) is 15.1 Å². The van der Waals surface area contributed by atoms with Gasteiger partial charge >= 0.3 is 0 Å². The van der Waals surface area contributed by atoms with Gasteiger partial charge in [-0.1, -0.05) is 28.9 Å². The lowest BCUT2D eigenvalue weighted by atomic mass is 10.3. The summed E-state index contributed by atoms with van der Waals surface area (Å²) in [5, 5.41) is 4.26. The average Bonchev–Trinajstić information content (AvgIpc) is 3.19. The summed E-state index contributed by atoms with van der Waals surface area (Å²) in [4.78, 5) is 8.60. The van der Waals surface area contributed by atoms with Gasteiger partial charge in [0, 0.05) is 24.3 Å². The van der Waals surface area contributed by atoms with E-state index in [0.717, 1.165) is 0 Å². The zero-order valence-electron chi connectivity index (χ0n) is 14.0. The van der Waals surface area contributed by atoms with E-state index in [1.807, 2.05) is 6.07 Å². The Morgan fingerprint density at radius 1 is 1.19 bits per heavy atom. The Morgan fingerprint density at radius 2 is 2.07 bits per heavy atom. The fraction of sp³-hybridized carbons (Fsp3) is 0.235. The quantitative estimate of drug-likeness (QED) is 0.656. The molecular weight excluding hydrogens is 392 g/mol. The molecule has 0 aliphatic carbocycles. The minimum Gasteiger partial charge on any atom is -0.366 e. The summed E-state index contributed by atoms with van der Waals surface area (Å²) in [7, 11) is -3.70. The molecule has 0 saturated carbocycles. The van der Waals surface area contributed by atoms with E-state index in [4.69, 9.17) is 20.9 Å². The molecule has 10 heteroatoms. The number of benzene rings is 1. The number of aromatic nitrogens is 3. The first-order chi connectivity index (χ1) is 13.0. The van der Waals surface area contributed by atoms with Crippen LogP contribution in [0.15, 0.2) is 58.1 Å². The molecule has 0 spiro atoms. The largest absolute Gasteiger partial charge is 0.366 e. The summed E-state index contributed by atoms with van der Waals surface area (Å²) in [5.74, 6) is 0.533. The second-order valence-electron chi connectivity index (χ2n) is 5.85. The van der Waals surface area contributed by atoms with Crippen molar-refractivity contribution in [2.24, 2.45) is 0 Å². The van der Waals surface area contributed by atoms with Gasteiger partial charge in [0.1, 0.15) is 5.69 Å². The Labute approximate surface area is 160 Å². The molecule has 3 aromatic rings. The van der Waals surface area contributed by atoms with Crippen LogP contribution in [0, 0.1) is 0 Å². The minimum atomic E-state index is -3.70. The predicted molar refractivity (Wildman–Crippen MR) is 96.4 cm³/mol. The Kier molecular flexibility index (Phi) is 4.92. The van der Waals surface area contributed by atoms with Crippen molar-refractivity contribution in [2.75, 3.05) is 19.7 Å². The lowest BCUT2D eigenvalue weighted by Gasteiger charge is -2.30. The normalized spacial score (nSPS) is 18.5. The van der Waals surface area contributed by atoms with Gasteiger partial charge < -0.3 is 9.26 Å². The van der Waals surface area contributed by atoms with Crippen LogP contribution in [0.1, 0.15) is 12.0 Å². The number of morpholine rings is 1. The van der Waals surface area contributed by atoms with Crippen LogP contribution in [-0.2, 0) is 14.8 Å². The second kappa shape index (κ2) is 7.35. The van der Waals surface area contributed by atoms with Crippen molar-refractivity contribution in [1.29, 1.82) is 0 Å². The Morgan fingerprint density at radius 3 is 2.85 bits per heavy atom. The number of sulfonamides is 1. The summed E-state index contributed by atoms with van der Waals surface area (Å²) in [6.45, 7) is 0.511.